The van der Waals surface area contributed by atoms with Crippen LogP contribution in [0.4, 0.5) is 4.79 Å². The van der Waals surface area contributed by atoms with Crippen LogP contribution >= 0.6 is 11.3 Å². The minimum atomic E-state index is -0.434. The van der Waals surface area contributed by atoms with Crippen LogP contribution in [0, 0.1) is 0 Å². The van der Waals surface area contributed by atoms with Crippen LogP contribution in [0.25, 0.3) is 5.00 Å². The molecule has 1 atom stereocenters. The Kier molecular flexibility index (Phi) is 5.98. The number of carbonyl (C=O) groups excluding carboxylic acids is 2. The summed E-state index contributed by atoms with van der Waals surface area (Å²) in [5, 5.41) is 6.70. The van der Waals surface area contributed by atoms with E-state index in [1.807, 2.05) is 42.8 Å². The number of fused-ring (bicyclic) bond motifs is 1. The van der Waals surface area contributed by atoms with Crippen molar-refractivity contribution in [2.75, 3.05) is 13.2 Å². The molecule has 0 radical (unpaired) electrons. The standard InChI is InChI=1S/C19H25N3O3S/c1-3-25-16(23)12-20-19(24)21-13(2)17-14-8-4-5-9-15(14)26-18(17)22-10-6-7-11-22/h6-7,10-11,13H,3-5,8-9,12H2,1-2H3,(H2,20,21,24)/t13-/m0/s1. The summed E-state index contributed by atoms with van der Waals surface area (Å²) in [7, 11) is 0. The van der Waals surface area contributed by atoms with E-state index in [0.717, 1.165) is 12.8 Å². The molecule has 2 heterocycles. The summed E-state index contributed by atoms with van der Waals surface area (Å²) in [6, 6.07) is 3.51. The average Bonchev–Trinajstić information content (AvgIpc) is 3.27. The van der Waals surface area contributed by atoms with Crippen molar-refractivity contribution < 1.29 is 14.3 Å². The van der Waals surface area contributed by atoms with E-state index in [4.69, 9.17) is 4.74 Å². The maximum Gasteiger partial charge on any atom is 0.325 e. The van der Waals surface area contributed by atoms with E-state index in [9.17, 15) is 9.59 Å². The zero-order chi connectivity index (χ0) is 18.5. The largest absolute Gasteiger partial charge is 0.465 e. The highest BCUT2D eigenvalue weighted by Gasteiger charge is 2.26. The maximum absolute atomic E-state index is 12.2. The molecule has 0 fully saturated rings. The quantitative estimate of drug-likeness (QED) is 0.761. The Morgan fingerprint density at radius 2 is 2.00 bits per heavy atom. The molecular weight excluding hydrogens is 350 g/mol. The van der Waals surface area contributed by atoms with E-state index in [0.29, 0.717) is 6.61 Å². The van der Waals surface area contributed by atoms with Crippen LogP contribution in [0.2, 0.25) is 0 Å². The number of aromatic nitrogens is 1. The highest BCUT2D eigenvalue weighted by atomic mass is 32.1. The van der Waals surface area contributed by atoms with Gasteiger partial charge in [-0.05, 0) is 57.2 Å². The van der Waals surface area contributed by atoms with E-state index in [1.165, 1.54) is 33.8 Å². The third kappa shape index (κ3) is 4.09. The molecule has 0 unspecified atom stereocenters. The van der Waals surface area contributed by atoms with E-state index >= 15 is 0 Å². The second-order valence-electron chi connectivity index (χ2n) is 6.37. The topological polar surface area (TPSA) is 72.4 Å². The molecule has 0 saturated carbocycles. The molecule has 2 aromatic heterocycles. The third-order valence-corrected chi connectivity index (χ3v) is 5.83. The van der Waals surface area contributed by atoms with Gasteiger partial charge < -0.3 is 19.9 Å². The van der Waals surface area contributed by atoms with Crippen LogP contribution in [0.5, 0.6) is 0 Å². The fourth-order valence-corrected chi connectivity index (χ4v) is 4.82. The number of nitrogens with zero attached hydrogens (tertiary/aromatic N) is 1. The number of aryl methyl sites for hydroxylation is 1. The SMILES string of the molecule is CCOC(=O)CNC(=O)N[C@@H](C)c1c(-n2cccc2)sc2c1CCCC2. The highest BCUT2D eigenvalue weighted by molar-refractivity contribution is 7.15. The minimum Gasteiger partial charge on any atom is -0.465 e. The van der Waals surface area contributed by atoms with Crippen LogP contribution in [-0.4, -0.2) is 29.7 Å². The second-order valence-corrected chi connectivity index (χ2v) is 7.46. The fraction of sp³-hybridized carbons (Fsp3) is 0.474. The number of rotatable bonds is 6. The van der Waals surface area contributed by atoms with Crippen molar-refractivity contribution >= 4 is 23.3 Å². The lowest BCUT2D eigenvalue weighted by Gasteiger charge is -2.20. The average molecular weight is 375 g/mol. The van der Waals surface area contributed by atoms with Gasteiger partial charge in [-0.25, -0.2) is 4.79 Å². The Morgan fingerprint density at radius 1 is 1.27 bits per heavy atom. The first kappa shape index (κ1) is 18.5. The smallest absolute Gasteiger partial charge is 0.325 e. The first-order valence-corrected chi connectivity index (χ1v) is 9.89. The van der Waals surface area contributed by atoms with Crippen molar-refractivity contribution in [2.45, 2.75) is 45.6 Å². The van der Waals surface area contributed by atoms with E-state index in [2.05, 4.69) is 15.2 Å². The predicted octanol–water partition coefficient (Wildman–Crippen LogP) is 3.34. The Hall–Kier alpha value is -2.28. The molecule has 0 spiro atoms. The van der Waals surface area contributed by atoms with E-state index < -0.39 is 5.97 Å². The molecule has 0 saturated heterocycles. The summed E-state index contributed by atoms with van der Waals surface area (Å²) in [6.45, 7) is 3.91. The van der Waals surface area contributed by atoms with Gasteiger partial charge in [0.15, 0.2) is 0 Å². The molecule has 1 aliphatic rings. The van der Waals surface area contributed by atoms with Crippen LogP contribution in [0.3, 0.4) is 0 Å². The normalized spacial score (nSPS) is 14.4. The van der Waals surface area contributed by atoms with Gasteiger partial charge in [0.05, 0.1) is 12.6 Å². The summed E-state index contributed by atoms with van der Waals surface area (Å²) in [5.74, 6) is -0.434. The first-order valence-electron chi connectivity index (χ1n) is 9.08. The molecule has 7 heteroatoms. The number of ether oxygens (including phenoxy) is 1. The Labute approximate surface area is 157 Å². The van der Waals surface area contributed by atoms with Gasteiger partial charge in [0.1, 0.15) is 11.5 Å². The maximum atomic E-state index is 12.2. The lowest BCUT2D eigenvalue weighted by molar-refractivity contribution is -0.141. The third-order valence-electron chi connectivity index (χ3n) is 4.51. The highest BCUT2D eigenvalue weighted by Crippen LogP contribution is 2.40. The van der Waals surface area contributed by atoms with Crippen molar-refractivity contribution in [3.05, 3.63) is 40.5 Å². The summed E-state index contributed by atoms with van der Waals surface area (Å²) in [4.78, 5) is 25.0. The summed E-state index contributed by atoms with van der Waals surface area (Å²) in [5.41, 5.74) is 2.57. The molecule has 0 aliphatic heterocycles. The van der Waals surface area contributed by atoms with Crippen LogP contribution in [-0.2, 0) is 22.4 Å². The Balaban J connectivity index is 1.76. The number of hydrogen-bond acceptors (Lipinski definition) is 4. The lowest BCUT2D eigenvalue weighted by atomic mass is 9.93. The molecule has 26 heavy (non-hydrogen) atoms. The monoisotopic (exact) mass is 375 g/mol. The number of carbonyl (C=O) groups is 2. The van der Waals surface area contributed by atoms with E-state index in [-0.39, 0.29) is 18.6 Å². The van der Waals surface area contributed by atoms with Crippen LogP contribution in [0.1, 0.15) is 48.7 Å². The molecule has 3 rings (SSSR count). The van der Waals surface area contributed by atoms with E-state index in [1.54, 1.807) is 6.92 Å². The van der Waals surface area contributed by atoms with Gasteiger partial charge >= 0.3 is 12.0 Å². The number of thiophene rings is 1. The number of esters is 1. The number of urea groups is 1. The number of amides is 2. The zero-order valence-corrected chi connectivity index (χ0v) is 16.0. The van der Waals surface area contributed by atoms with Gasteiger partial charge in [0.2, 0.25) is 0 Å². The first-order chi connectivity index (χ1) is 12.6. The van der Waals surface area contributed by atoms with Gasteiger partial charge in [-0.15, -0.1) is 11.3 Å². The lowest BCUT2D eigenvalue weighted by Crippen LogP contribution is -2.40. The van der Waals surface area contributed by atoms with Crippen molar-refractivity contribution in [2.24, 2.45) is 0 Å². The molecule has 2 N–H and O–H groups in total. The summed E-state index contributed by atoms with van der Waals surface area (Å²) in [6.07, 6.45) is 8.64. The van der Waals surface area contributed by atoms with Gasteiger partial charge in [-0.1, -0.05) is 0 Å². The number of nitrogens with one attached hydrogen (secondary N) is 2. The van der Waals surface area contributed by atoms with Gasteiger partial charge in [0, 0.05) is 22.8 Å². The van der Waals surface area contributed by atoms with Crippen molar-refractivity contribution in [1.29, 1.82) is 0 Å². The van der Waals surface area contributed by atoms with Crippen molar-refractivity contribution in [1.82, 2.24) is 15.2 Å². The predicted molar refractivity (Wildman–Crippen MR) is 102 cm³/mol. The van der Waals surface area contributed by atoms with Gasteiger partial charge in [0.25, 0.3) is 0 Å². The molecule has 1 aliphatic carbocycles. The number of hydrogen-bond donors (Lipinski definition) is 2. The van der Waals surface area contributed by atoms with Crippen molar-refractivity contribution in [3.63, 3.8) is 0 Å². The second kappa shape index (κ2) is 8.40. The van der Waals surface area contributed by atoms with Gasteiger partial charge in [-0.2, -0.15) is 0 Å². The fourth-order valence-electron chi connectivity index (χ4n) is 3.37. The zero-order valence-electron chi connectivity index (χ0n) is 15.2. The molecule has 0 aromatic carbocycles. The Bertz CT molecular complexity index is 767. The molecular formula is C19H25N3O3S. The molecule has 0 bridgehead atoms. The van der Waals surface area contributed by atoms with Crippen LogP contribution < -0.4 is 10.6 Å². The molecule has 2 amide bonds. The van der Waals surface area contributed by atoms with Crippen molar-refractivity contribution in [3.8, 4) is 5.00 Å². The molecule has 6 nitrogen and oxygen atoms in total. The summed E-state index contributed by atoms with van der Waals surface area (Å²) < 4.78 is 6.95. The van der Waals surface area contributed by atoms with Gasteiger partial charge in [-0.3, -0.25) is 4.79 Å². The van der Waals surface area contributed by atoms with Crippen LogP contribution in [0.15, 0.2) is 24.5 Å². The minimum absolute atomic E-state index is 0.126. The Morgan fingerprint density at radius 3 is 2.73 bits per heavy atom. The molecule has 140 valence electrons. The summed E-state index contributed by atoms with van der Waals surface area (Å²) >= 11 is 1.82. The molecule has 2 aromatic rings.